The van der Waals surface area contributed by atoms with Gasteiger partial charge in [0.1, 0.15) is 17.4 Å². The van der Waals surface area contributed by atoms with Gasteiger partial charge >= 0.3 is 6.09 Å². The van der Waals surface area contributed by atoms with Gasteiger partial charge in [-0.05, 0) is 125 Å². The van der Waals surface area contributed by atoms with Crippen molar-refractivity contribution in [3.8, 4) is 16.9 Å². The number of benzene rings is 3. The zero-order valence-corrected chi connectivity index (χ0v) is 30.8. The van der Waals surface area contributed by atoms with Crippen LogP contribution in [0.5, 0.6) is 5.75 Å². The molecule has 3 aromatic carbocycles. The number of alkyl carbamates (subject to hydrolysis) is 1. The number of hydrogen-bond acceptors (Lipinski definition) is 9. The second-order valence-corrected chi connectivity index (χ2v) is 14.2. The van der Waals surface area contributed by atoms with Gasteiger partial charge in [0.25, 0.3) is 0 Å². The summed E-state index contributed by atoms with van der Waals surface area (Å²) in [6.07, 6.45) is 2.52. The number of anilines is 1. The van der Waals surface area contributed by atoms with E-state index in [1.165, 1.54) is 6.92 Å². The van der Waals surface area contributed by atoms with Gasteiger partial charge in [-0.3, -0.25) is 14.4 Å². The number of hydrazone groups is 1. The molecule has 0 aromatic heterocycles. The van der Waals surface area contributed by atoms with E-state index in [2.05, 4.69) is 26.6 Å². The van der Waals surface area contributed by atoms with E-state index in [0.29, 0.717) is 42.0 Å². The molecule has 278 valence electrons. The lowest BCUT2D eigenvalue weighted by atomic mass is 9.81. The fraction of sp³-hybridized carbons (Fsp3) is 0.410. The summed E-state index contributed by atoms with van der Waals surface area (Å²) in [5.41, 5.74) is 12.6. The van der Waals surface area contributed by atoms with E-state index in [1.54, 1.807) is 37.4 Å². The van der Waals surface area contributed by atoms with Crippen LogP contribution < -0.4 is 37.8 Å². The third-order valence-corrected chi connectivity index (χ3v) is 9.04. The van der Waals surface area contributed by atoms with Crippen LogP contribution in [0.2, 0.25) is 0 Å². The lowest BCUT2D eigenvalue weighted by Gasteiger charge is -2.29. The van der Waals surface area contributed by atoms with Crippen molar-refractivity contribution in [2.24, 2.45) is 28.5 Å². The van der Waals surface area contributed by atoms with Crippen LogP contribution in [0, 0.1) is 18.8 Å². The summed E-state index contributed by atoms with van der Waals surface area (Å²) >= 11 is 0. The van der Waals surface area contributed by atoms with Crippen molar-refractivity contribution in [3.05, 3.63) is 82.9 Å². The molecule has 1 saturated carbocycles. The number of carbonyl (C=O) groups excluding carboxylic acids is 4. The molecule has 52 heavy (non-hydrogen) atoms. The number of ether oxygens (including phenoxy) is 2. The zero-order chi connectivity index (χ0) is 38.0. The zero-order valence-electron chi connectivity index (χ0n) is 30.8. The fourth-order valence-electron chi connectivity index (χ4n) is 6.27. The number of methoxy groups -OCH3 is 1. The van der Waals surface area contributed by atoms with E-state index in [0.717, 1.165) is 35.1 Å². The number of amides is 3. The molecular weight excluding hydrogens is 662 g/mol. The maximum Gasteiger partial charge on any atom is 0.407 e. The van der Waals surface area contributed by atoms with Gasteiger partial charge < -0.3 is 31.2 Å². The summed E-state index contributed by atoms with van der Waals surface area (Å²) in [7, 11) is 1.59. The lowest BCUT2D eigenvalue weighted by molar-refractivity contribution is -0.130. The van der Waals surface area contributed by atoms with Gasteiger partial charge in [0.15, 0.2) is 11.6 Å². The Labute approximate surface area is 305 Å². The van der Waals surface area contributed by atoms with E-state index < -0.39 is 17.7 Å². The second kappa shape index (κ2) is 17.7. The van der Waals surface area contributed by atoms with E-state index in [-0.39, 0.29) is 41.7 Å². The average molecular weight is 714 g/mol. The number of nitrogens with one attached hydrogen (secondary N) is 4. The molecule has 0 aliphatic heterocycles. The standard InChI is InChI=1S/C39H51N7O6/c1-23-19-29(24(2)47)14-17-31(23)32-20-26(9-18-34(32)51-6)21-33(37(49)43-30-15-12-27(13-16-30)35(40)45-46-41)44-36(48)28-10-7-25(8-11-28)22-42-38(50)52-39(3,4)5/h9,12-20,25,28,33,46H,7-8,10-11,21-22,41H2,1-6H3,(H2,40,45)(H,42,50)(H,43,49)(H,44,48)/t25?,28?,33-/m0/s1. The molecule has 1 aliphatic rings. The Balaban J connectivity index is 1.53. The number of aryl methyl sites for hydroxylation is 1. The lowest BCUT2D eigenvalue weighted by Crippen LogP contribution is -2.48. The highest BCUT2D eigenvalue weighted by atomic mass is 16.6. The van der Waals surface area contributed by atoms with Crippen molar-refractivity contribution in [3.63, 3.8) is 0 Å². The Bertz CT molecular complexity index is 1780. The van der Waals surface area contributed by atoms with E-state index >= 15 is 0 Å². The normalized spacial score (nSPS) is 16.6. The Kier molecular flexibility index (Phi) is 13.4. The van der Waals surface area contributed by atoms with Crippen molar-refractivity contribution in [2.45, 2.75) is 78.4 Å². The van der Waals surface area contributed by atoms with Gasteiger partial charge in [-0.15, -0.1) is 5.10 Å². The number of rotatable bonds is 13. The Morgan fingerprint density at radius 3 is 2.19 bits per heavy atom. The molecule has 1 fully saturated rings. The van der Waals surface area contributed by atoms with E-state index in [4.69, 9.17) is 21.1 Å². The van der Waals surface area contributed by atoms with Crippen molar-refractivity contribution >= 4 is 35.2 Å². The molecule has 1 atom stereocenters. The summed E-state index contributed by atoms with van der Waals surface area (Å²) < 4.78 is 11.0. The molecule has 0 heterocycles. The topological polar surface area (TPSA) is 199 Å². The van der Waals surface area contributed by atoms with Gasteiger partial charge in [-0.1, -0.05) is 18.2 Å². The Hall–Kier alpha value is -5.43. The monoisotopic (exact) mass is 713 g/mol. The molecule has 8 N–H and O–H groups in total. The first kappa shape index (κ1) is 39.4. The van der Waals surface area contributed by atoms with Crippen LogP contribution in [-0.4, -0.2) is 54.8 Å². The van der Waals surface area contributed by atoms with Crippen LogP contribution >= 0.6 is 0 Å². The number of amidine groups is 1. The molecular formula is C39H51N7O6. The van der Waals surface area contributed by atoms with Crippen LogP contribution in [0.15, 0.2) is 65.8 Å². The number of Topliss-reactive ketones (excluding diaryl/α,β-unsaturated/α-hetero) is 1. The van der Waals surface area contributed by atoms with E-state index in [9.17, 15) is 19.2 Å². The minimum Gasteiger partial charge on any atom is -0.496 e. The predicted molar refractivity (Wildman–Crippen MR) is 202 cm³/mol. The first-order valence-corrected chi connectivity index (χ1v) is 17.4. The van der Waals surface area contributed by atoms with Gasteiger partial charge in [0, 0.05) is 41.3 Å². The Morgan fingerprint density at radius 2 is 1.60 bits per heavy atom. The molecule has 13 nitrogen and oxygen atoms in total. The van der Waals surface area contributed by atoms with Crippen molar-refractivity contribution in [1.29, 1.82) is 0 Å². The van der Waals surface area contributed by atoms with Crippen LogP contribution in [0.1, 0.15) is 80.4 Å². The number of nitrogens with zero attached hydrogens (tertiary/aromatic N) is 1. The van der Waals surface area contributed by atoms with Crippen LogP contribution in [0.4, 0.5) is 10.5 Å². The minimum atomic E-state index is -0.908. The van der Waals surface area contributed by atoms with Crippen molar-refractivity contribution in [2.75, 3.05) is 19.0 Å². The third-order valence-electron chi connectivity index (χ3n) is 9.04. The highest BCUT2D eigenvalue weighted by Gasteiger charge is 2.30. The molecule has 3 aromatic rings. The molecule has 0 bridgehead atoms. The summed E-state index contributed by atoms with van der Waals surface area (Å²) in [6, 6.07) is 17.1. The molecule has 0 spiro atoms. The Morgan fingerprint density at radius 1 is 0.923 bits per heavy atom. The smallest absolute Gasteiger partial charge is 0.407 e. The number of nitrogens with two attached hydrogens (primary N) is 2. The third kappa shape index (κ3) is 11.0. The molecule has 0 unspecified atom stereocenters. The second-order valence-electron chi connectivity index (χ2n) is 14.2. The molecule has 13 heteroatoms. The number of carbonyl (C=O) groups is 4. The predicted octanol–water partition coefficient (Wildman–Crippen LogP) is 4.95. The summed E-state index contributed by atoms with van der Waals surface area (Å²) in [6.45, 7) is 9.39. The van der Waals surface area contributed by atoms with Crippen LogP contribution in [0.3, 0.4) is 0 Å². The highest BCUT2D eigenvalue weighted by molar-refractivity contribution is 6.00. The highest BCUT2D eigenvalue weighted by Crippen LogP contribution is 2.34. The number of hydrogen-bond donors (Lipinski definition) is 6. The first-order chi connectivity index (χ1) is 24.7. The molecule has 4 rings (SSSR count). The van der Waals surface area contributed by atoms with E-state index in [1.807, 2.05) is 58.0 Å². The number of hydrazine groups is 1. The molecule has 1 aliphatic carbocycles. The summed E-state index contributed by atoms with van der Waals surface area (Å²) in [4.78, 5) is 51.7. The largest absolute Gasteiger partial charge is 0.496 e. The summed E-state index contributed by atoms with van der Waals surface area (Å²) in [5.74, 6) is 5.40. The van der Waals surface area contributed by atoms with Gasteiger partial charge in [-0.25, -0.2) is 16.2 Å². The average Bonchev–Trinajstić information content (AvgIpc) is 3.10. The molecule has 3 amide bonds. The van der Waals surface area contributed by atoms with Gasteiger partial charge in [-0.2, -0.15) is 0 Å². The molecule has 0 radical (unpaired) electrons. The molecule has 0 saturated heterocycles. The van der Waals surface area contributed by atoms with Gasteiger partial charge in [0.05, 0.1) is 7.11 Å². The minimum absolute atomic E-state index is 0.0234. The maximum atomic E-state index is 13.9. The fourth-order valence-corrected chi connectivity index (χ4v) is 6.27. The number of ketones is 1. The van der Waals surface area contributed by atoms with Crippen LogP contribution in [0.25, 0.3) is 11.1 Å². The van der Waals surface area contributed by atoms with Crippen LogP contribution in [-0.2, 0) is 20.7 Å². The maximum absolute atomic E-state index is 13.9. The van der Waals surface area contributed by atoms with Gasteiger partial charge in [0.2, 0.25) is 11.8 Å². The first-order valence-electron chi connectivity index (χ1n) is 17.4. The summed E-state index contributed by atoms with van der Waals surface area (Å²) in [5, 5.41) is 12.6. The van der Waals surface area contributed by atoms with Crippen molar-refractivity contribution < 1.29 is 28.7 Å². The quantitative estimate of drug-likeness (QED) is 0.0466. The SMILES string of the molecule is COc1ccc(C[C@H](NC(=O)C2CCC(CNC(=O)OC(C)(C)C)CC2)C(=O)Nc2ccc(/C(N)=N/NN)cc2)cc1-c1ccc(C(C)=O)cc1C. The van der Waals surface area contributed by atoms with Crippen molar-refractivity contribution in [1.82, 2.24) is 16.2 Å².